The summed E-state index contributed by atoms with van der Waals surface area (Å²) in [5.74, 6) is 1.66. The number of hydrogen-bond acceptors (Lipinski definition) is 5. The predicted octanol–water partition coefficient (Wildman–Crippen LogP) is 2.65. The molecule has 5 nitrogen and oxygen atoms in total. The highest BCUT2D eigenvalue weighted by molar-refractivity contribution is 7.99. The minimum absolute atomic E-state index is 0.615. The third-order valence-electron chi connectivity index (χ3n) is 3.40. The Bertz CT molecular complexity index is 549. The van der Waals surface area contributed by atoms with Crippen molar-refractivity contribution in [1.29, 1.82) is 0 Å². The molecule has 19 heavy (non-hydrogen) atoms. The molecule has 2 aromatic rings. The second kappa shape index (κ2) is 5.28. The van der Waals surface area contributed by atoms with Gasteiger partial charge in [0.1, 0.15) is 5.69 Å². The van der Waals surface area contributed by atoms with E-state index in [0.717, 1.165) is 29.1 Å². The lowest BCUT2D eigenvalue weighted by molar-refractivity contribution is 0.680. The fourth-order valence-electron chi connectivity index (χ4n) is 2.09. The van der Waals surface area contributed by atoms with Gasteiger partial charge in [-0.3, -0.25) is 4.98 Å². The van der Waals surface area contributed by atoms with Gasteiger partial charge >= 0.3 is 0 Å². The quantitative estimate of drug-likeness (QED) is 0.785. The molecule has 1 saturated carbocycles. The van der Waals surface area contributed by atoms with E-state index in [1.807, 2.05) is 11.8 Å². The van der Waals surface area contributed by atoms with Crippen molar-refractivity contribution in [3.63, 3.8) is 0 Å². The van der Waals surface area contributed by atoms with E-state index in [1.165, 1.54) is 12.8 Å². The molecule has 0 aromatic carbocycles. The number of nitrogens with zero attached hydrogens (tertiary/aromatic N) is 5. The van der Waals surface area contributed by atoms with Crippen LogP contribution in [0.15, 0.2) is 23.7 Å². The van der Waals surface area contributed by atoms with Crippen LogP contribution >= 0.6 is 11.8 Å². The molecule has 6 heteroatoms. The lowest BCUT2D eigenvalue weighted by Gasteiger charge is -2.10. The zero-order valence-corrected chi connectivity index (χ0v) is 12.0. The van der Waals surface area contributed by atoms with Crippen LogP contribution in [0.1, 0.15) is 26.7 Å². The van der Waals surface area contributed by atoms with Crippen molar-refractivity contribution in [2.75, 3.05) is 0 Å². The first-order valence-electron chi connectivity index (χ1n) is 6.65. The van der Waals surface area contributed by atoms with Crippen LogP contribution in [0.5, 0.6) is 0 Å². The van der Waals surface area contributed by atoms with Gasteiger partial charge in [-0.05, 0) is 25.7 Å². The molecule has 2 heterocycles. The van der Waals surface area contributed by atoms with Crippen molar-refractivity contribution in [2.24, 2.45) is 5.92 Å². The Morgan fingerprint density at radius 2 is 2.21 bits per heavy atom. The van der Waals surface area contributed by atoms with Crippen LogP contribution in [0.25, 0.3) is 11.5 Å². The summed E-state index contributed by atoms with van der Waals surface area (Å²) in [6.07, 6.45) is 7.79. The highest BCUT2D eigenvalue weighted by Gasteiger charge is 2.30. The average molecular weight is 275 g/mol. The summed E-state index contributed by atoms with van der Waals surface area (Å²) in [6.45, 7) is 5.23. The van der Waals surface area contributed by atoms with Gasteiger partial charge in [0.05, 0.1) is 6.20 Å². The maximum Gasteiger partial charge on any atom is 0.191 e. The summed E-state index contributed by atoms with van der Waals surface area (Å²) >= 11 is 1.82. The van der Waals surface area contributed by atoms with Gasteiger partial charge in [-0.15, -0.1) is 10.2 Å². The SMILES string of the molecule is CCn1c(SC(C)C2CC2)nnc1-c1cnccn1. The fraction of sp³-hybridized carbons (Fsp3) is 0.538. The van der Waals surface area contributed by atoms with Gasteiger partial charge in [0.15, 0.2) is 11.0 Å². The first kappa shape index (κ1) is 12.6. The van der Waals surface area contributed by atoms with Crippen molar-refractivity contribution in [3.8, 4) is 11.5 Å². The smallest absolute Gasteiger partial charge is 0.191 e. The molecular formula is C13H17N5S. The Balaban J connectivity index is 1.88. The van der Waals surface area contributed by atoms with Gasteiger partial charge in [-0.25, -0.2) is 4.98 Å². The van der Waals surface area contributed by atoms with Gasteiger partial charge in [0, 0.05) is 24.2 Å². The lowest BCUT2D eigenvalue weighted by atomic mass is 10.3. The van der Waals surface area contributed by atoms with Gasteiger partial charge < -0.3 is 4.57 Å². The molecular weight excluding hydrogens is 258 g/mol. The molecule has 0 saturated heterocycles. The van der Waals surface area contributed by atoms with E-state index >= 15 is 0 Å². The molecule has 0 radical (unpaired) electrons. The van der Waals surface area contributed by atoms with Crippen LogP contribution in [0.3, 0.4) is 0 Å². The van der Waals surface area contributed by atoms with Crippen molar-refractivity contribution in [1.82, 2.24) is 24.7 Å². The van der Waals surface area contributed by atoms with Gasteiger partial charge in [0.2, 0.25) is 0 Å². The van der Waals surface area contributed by atoms with E-state index in [2.05, 4.69) is 38.6 Å². The molecule has 1 aliphatic carbocycles. The zero-order chi connectivity index (χ0) is 13.2. The number of rotatable bonds is 5. The molecule has 1 aliphatic rings. The van der Waals surface area contributed by atoms with Crippen LogP contribution in [-0.2, 0) is 6.54 Å². The lowest BCUT2D eigenvalue weighted by Crippen LogP contribution is -2.05. The first-order chi connectivity index (χ1) is 9.29. The third kappa shape index (κ3) is 2.63. The second-order valence-electron chi connectivity index (χ2n) is 4.80. The fourth-order valence-corrected chi connectivity index (χ4v) is 3.32. The summed E-state index contributed by atoms with van der Waals surface area (Å²) < 4.78 is 2.12. The Morgan fingerprint density at radius 3 is 2.84 bits per heavy atom. The molecule has 2 aromatic heterocycles. The average Bonchev–Trinajstić information content (AvgIpc) is 3.22. The minimum Gasteiger partial charge on any atom is -0.301 e. The molecule has 3 rings (SSSR count). The van der Waals surface area contributed by atoms with Crippen LogP contribution in [0.4, 0.5) is 0 Å². The Labute approximate surface area is 116 Å². The van der Waals surface area contributed by atoms with Crippen molar-refractivity contribution < 1.29 is 0 Å². The first-order valence-corrected chi connectivity index (χ1v) is 7.53. The second-order valence-corrected chi connectivity index (χ2v) is 6.15. The van der Waals surface area contributed by atoms with Crippen LogP contribution < -0.4 is 0 Å². The largest absolute Gasteiger partial charge is 0.301 e. The molecule has 1 atom stereocenters. The molecule has 0 N–H and O–H groups in total. The van der Waals surface area contributed by atoms with E-state index in [9.17, 15) is 0 Å². The topological polar surface area (TPSA) is 56.5 Å². The van der Waals surface area contributed by atoms with Crippen molar-refractivity contribution in [2.45, 2.75) is 43.6 Å². The summed E-state index contributed by atoms with van der Waals surface area (Å²) in [6, 6.07) is 0. The van der Waals surface area contributed by atoms with Gasteiger partial charge in [0.25, 0.3) is 0 Å². The maximum absolute atomic E-state index is 4.32. The summed E-state index contributed by atoms with van der Waals surface area (Å²) in [5.41, 5.74) is 0.780. The minimum atomic E-state index is 0.615. The van der Waals surface area contributed by atoms with Gasteiger partial charge in [-0.1, -0.05) is 18.7 Å². The highest BCUT2D eigenvalue weighted by Crippen LogP contribution is 2.41. The van der Waals surface area contributed by atoms with Crippen LogP contribution in [0, 0.1) is 5.92 Å². The summed E-state index contributed by atoms with van der Waals surface area (Å²) in [4.78, 5) is 8.40. The van der Waals surface area contributed by atoms with Crippen LogP contribution in [-0.4, -0.2) is 30.0 Å². The highest BCUT2D eigenvalue weighted by atomic mass is 32.2. The molecule has 1 unspecified atom stereocenters. The van der Waals surface area contributed by atoms with E-state index in [0.29, 0.717) is 5.25 Å². The van der Waals surface area contributed by atoms with E-state index in [-0.39, 0.29) is 0 Å². The number of aromatic nitrogens is 5. The third-order valence-corrected chi connectivity index (χ3v) is 4.67. The molecule has 0 aliphatic heterocycles. The van der Waals surface area contributed by atoms with E-state index in [1.54, 1.807) is 18.6 Å². The van der Waals surface area contributed by atoms with Crippen molar-refractivity contribution in [3.05, 3.63) is 18.6 Å². The summed E-state index contributed by atoms with van der Waals surface area (Å²) in [5, 5.41) is 10.2. The van der Waals surface area contributed by atoms with Gasteiger partial charge in [-0.2, -0.15) is 0 Å². The predicted molar refractivity (Wildman–Crippen MR) is 74.8 cm³/mol. The van der Waals surface area contributed by atoms with E-state index < -0.39 is 0 Å². The maximum atomic E-state index is 4.32. The standard InChI is InChI=1S/C13H17N5S/c1-3-18-12(11-8-14-6-7-15-11)16-17-13(18)19-9(2)10-4-5-10/h6-10H,3-5H2,1-2H3. The monoisotopic (exact) mass is 275 g/mol. The van der Waals surface area contributed by atoms with Crippen molar-refractivity contribution >= 4 is 11.8 Å². The molecule has 0 spiro atoms. The Hall–Kier alpha value is -1.43. The zero-order valence-electron chi connectivity index (χ0n) is 11.2. The normalized spacial score (nSPS) is 16.5. The molecule has 0 bridgehead atoms. The van der Waals surface area contributed by atoms with Crippen LogP contribution in [0.2, 0.25) is 0 Å². The molecule has 100 valence electrons. The number of thioether (sulfide) groups is 1. The summed E-state index contributed by atoms with van der Waals surface area (Å²) in [7, 11) is 0. The Morgan fingerprint density at radius 1 is 1.37 bits per heavy atom. The Kier molecular flexibility index (Phi) is 3.50. The molecule has 0 amide bonds. The molecule has 1 fully saturated rings. The number of hydrogen-bond donors (Lipinski definition) is 0. The van der Waals surface area contributed by atoms with E-state index in [4.69, 9.17) is 0 Å².